The summed E-state index contributed by atoms with van der Waals surface area (Å²) in [6, 6.07) is 6.98. The first-order chi connectivity index (χ1) is 9.99. The Morgan fingerprint density at radius 3 is 2.41 bits per heavy atom. The van der Waals surface area contributed by atoms with Crippen LogP contribution < -0.4 is 0 Å². The van der Waals surface area contributed by atoms with Gasteiger partial charge in [0.1, 0.15) is 0 Å². The number of aromatic nitrogens is 1. The molecule has 0 aliphatic heterocycles. The second-order valence-corrected chi connectivity index (χ2v) is 7.90. The molecule has 0 aliphatic rings. The van der Waals surface area contributed by atoms with E-state index in [0.717, 1.165) is 11.6 Å². The summed E-state index contributed by atoms with van der Waals surface area (Å²) in [5.41, 5.74) is 1.46. The number of hydrogen-bond donors (Lipinski definition) is 1. The van der Waals surface area contributed by atoms with Gasteiger partial charge in [0, 0.05) is 16.5 Å². The van der Waals surface area contributed by atoms with Crippen molar-refractivity contribution in [3.05, 3.63) is 35.5 Å². The topological polar surface area (TPSA) is 85.6 Å². The van der Waals surface area contributed by atoms with E-state index in [1.54, 1.807) is 18.2 Å². The lowest BCUT2D eigenvalue weighted by Crippen LogP contribution is -2.21. The number of carbonyl (C=O) groups is 1. The van der Waals surface area contributed by atoms with E-state index in [1.165, 1.54) is 4.57 Å². The number of rotatable bonds is 3. The van der Waals surface area contributed by atoms with Crippen molar-refractivity contribution in [2.75, 3.05) is 6.26 Å². The zero-order chi connectivity index (χ0) is 16.7. The van der Waals surface area contributed by atoms with Crippen LogP contribution >= 0.6 is 0 Å². The Morgan fingerprint density at radius 2 is 1.91 bits per heavy atom. The summed E-state index contributed by atoms with van der Waals surface area (Å²) in [5.74, 6) is 0. The first-order valence-electron chi connectivity index (χ1n) is 6.71. The van der Waals surface area contributed by atoms with Crippen molar-refractivity contribution in [3.63, 3.8) is 0 Å². The summed E-state index contributed by atoms with van der Waals surface area (Å²) in [7, 11) is -3.54. The van der Waals surface area contributed by atoms with E-state index < -0.39 is 16.2 Å². The van der Waals surface area contributed by atoms with Gasteiger partial charge in [-0.15, -0.1) is 0 Å². The highest BCUT2D eigenvalue weighted by Gasteiger charge is 2.24. The predicted octanol–water partition coefficient (Wildman–Crippen LogP) is 2.94. The average Bonchev–Trinajstić information content (AvgIpc) is 2.73. The highest BCUT2D eigenvalue weighted by molar-refractivity contribution is 7.85. The fourth-order valence-electron chi connectivity index (χ4n) is 2.27. The molecule has 2 aromatic rings. The molecule has 0 radical (unpaired) electrons. The van der Waals surface area contributed by atoms with Gasteiger partial charge >= 0.3 is 6.09 Å². The van der Waals surface area contributed by atoms with Gasteiger partial charge in [-0.2, -0.15) is 8.42 Å². The lowest BCUT2D eigenvalue weighted by atomic mass is 9.92. The van der Waals surface area contributed by atoms with E-state index in [0.29, 0.717) is 16.8 Å². The summed E-state index contributed by atoms with van der Waals surface area (Å²) in [6.07, 6.45) is -0.0930. The molecule has 0 bridgehead atoms. The van der Waals surface area contributed by atoms with Gasteiger partial charge in [0.25, 0.3) is 10.1 Å². The molecule has 1 aromatic carbocycles. The molecule has 1 N–H and O–H groups in total. The van der Waals surface area contributed by atoms with Crippen molar-refractivity contribution >= 4 is 27.1 Å². The molecule has 0 saturated heterocycles. The maximum Gasteiger partial charge on any atom is 0.416 e. The Kier molecular flexibility index (Phi) is 4.06. The molecule has 0 unspecified atom stereocenters. The van der Waals surface area contributed by atoms with Crippen LogP contribution in [0.5, 0.6) is 0 Å². The van der Waals surface area contributed by atoms with Crippen LogP contribution in [0.25, 0.3) is 10.9 Å². The number of benzene rings is 1. The molecule has 6 nitrogen and oxygen atoms in total. The summed E-state index contributed by atoms with van der Waals surface area (Å²) < 4.78 is 28.1. The first kappa shape index (κ1) is 16.5. The smallest absolute Gasteiger partial charge is 0.416 e. The van der Waals surface area contributed by atoms with Gasteiger partial charge in [-0.3, -0.25) is 4.18 Å². The largest absolute Gasteiger partial charge is 0.464 e. The molecule has 1 heterocycles. The Morgan fingerprint density at radius 1 is 1.27 bits per heavy atom. The van der Waals surface area contributed by atoms with Crippen molar-refractivity contribution in [2.24, 2.45) is 0 Å². The molecular weight excluding hydrogens is 306 g/mol. The van der Waals surface area contributed by atoms with Crippen molar-refractivity contribution in [1.29, 1.82) is 0 Å². The van der Waals surface area contributed by atoms with Gasteiger partial charge in [-0.05, 0) is 17.7 Å². The van der Waals surface area contributed by atoms with Crippen molar-refractivity contribution in [3.8, 4) is 0 Å². The minimum atomic E-state index is -3.54. The highest BCUT2D eigenvalue weighted by atomic mass is 32.2. The van der Waals surface area contributed by atoms with Crippen LogP contribution in [0.2, 0.25) is 0 Å². The molecule has 7 heteroatoms. The van der Waals surface area contributed by atoms with Gasteiger partial charge in [0.15, 0.2) is 0 Å². The molecule has 120 valence electrons. The van der Waals surface area contributed by atoms with E-state index in [4.69, 9.17) is 4.18 Å². The molecule has 0 aliphatic carbocycles. The maximum atomic E-state index is 11.6. The lowest BCUT2D eigenvalue weighted by Gasteiger charge is -2.19. The Hall–Kier alpha value is -1.86. The number of fused-ring (bicyclic) bond motifs is 1. The minimum absolute atomic E-state index is 0.121. The van der Waals surface area contributed by atoms with Crippen LogP contribution in [0.4, 0.5) is 4.79 Å². The molecule has 0 fully saturated rings. The van der Waals surface area contributed by atoms with Crippen LogP contribution in [0, 0.1) is 0 Å². The molecule has 0 saturated carbocycles. The normalized spacial score (nSPS) is 12.7. The van der Waals surface area contributed by atoms with E-state index in [9.17, 15) is 18.3 Å². The molecule has 0 atom stereocenters. The summed E-state index contributed by atoms with van der Waals surface area (Å²) in [4.78, 5) is 11.6. The van der Waals surface area contributed by atoms with Crippen molar-refractivity contribution in [2.45, 2.75) is 32.8 Å². The van der Waals surface area contributed by atoms with Crippen LogP contribution in [0.15, 0.2) is 24.3 Å². The maximum absolute atomic E-state index is 11.6. The summed E-state index contributed by atoms with van der Waals surface area (Å²) in [5, 5.41) is 10.3. The monoisotopic (exact) mass is 325 g/mol. The van der Waals surface area contributed by atoms with Crippen molar-refractivity contribution in [1.82, 2.24) is 4.57 Å². The third-order valence-electron chi connectivity index (χ3n) is 3.27. The van der Waals surface area contributed by atoms with E-state index in [2.05, 4.69) is 0 Å². The lowest BCUT2D eigenvalue weighted by molar-refractivity contribution is 0.195. The van der Waals surface area contributed by atoms with Crippen LogP contribution in [-0.2, 0) is 26.3 Å². The fraction of sp³-hybridized carbons (Fsp3) is 0.400. The summed E-state index contributed by atoms with van der Waals surface area (Å²) in [6.45, 7) is 5.70. The zero-order valence-corrected chi connectivity index (χ0v) is 13.8. The van der Waals surface area contributed by atoms with E-state index in [-0.39, 0.29) is 12.0 Å². The quantitative estimate of drug-likeness (QED) is 0.877. The summed E-state index contributed by atoms with van der Waals surface area (Å²) >= 11 is 0. The third kappa shape index (κ3) is 3.48. The Balaban J connectivity index is 2.56. The van der Waals surface area contributed by atoms with Gasteiger partial charge in [0.05, 0.1) is 18.4 Å². The molecule has 0 amide bonds. The SMILES string of the molecule is CC(C)(C)c1cc2ccc(COS(C)(=O)=O)cc2n1C(=O)O. The molecule has 22 heavy (non-hydrogen) atoms. The van der Waals surface area contributed by atoms with Crippen LogP contribution in [0.1, 0.15) is 32.0 Å². The Bertz CT molecular complexity index is 827. The molecule has 2 rings (SSSR count). The van der Waals surface area contributed by atoms with Crippen molar-refractivity contribution < 1.29 is 22.5 Å². The fourth-order valence-corrected chi connectivity index (χ4v) is 2.62. The standard InChI is InChI=1S/C15H19NO5S/c1-15(2,3)13-8-11-6-5-10(9-21-22(4,19)20)7-12(11)16(13)14(17)18/h5-8H,9H2,1-4H3,(H,17,18). The second kappa shape index (κ2) is 5.40. The van der Waals surface area contributed by atoms with Crippen LogP contribution in [-0.4, -0.2) is 30.4 Å². The number of carboxylic acid groups (broad SMARTS) is 1. The highest BCUT2D eigenvalue weighted by Crippen LogP contribution is 2.30. The van der Waals surface area contributed by atoms with Gasteiger partial charge in [-0.25, -0.2) is 9.36 Å². The molecule has 1 aromatic heterocycles. The van der Waals surface area contributed by atoms with E-state index >= 15 is 0 Å². The average molecular weight is 325 g/mol. The first-order valence-corrected chi connectivity index (χ1v) is 8.53. The molecule has 0 spiro atoms. The zero-order valence-electron chi connectivity index (χ0n) is 13.0. The predicted molar refractivity (Wildman–Crippen MR) is 83.7 cm³/mol. The van der Waals surface area contributed by atoms with E-state index in [1.807, 2.05) is 26.8 Å². The third-order valence-corrected chi connectivity index (χ3v) is 3.81. The number of hydrogen-bond acceptors (Lipinski definition) is 4. The Labute approximate surface area is 129 Å². The minimum Gasteiger partial charge on any atom is -0.464 e. The second-order valence-electron chi connectivity index (χ2n) is 6.26. The van der Waals surface area contributed by atoms with Crippen LogP contribution in [0.3, 0.4) is 0 Å². The van der Waals surface area contributed by atoms with Gasteiger partial charge < -0.3 is 5.11 Å². The van der Waals surface area contributed by atoms with Gasteiger partial charge in [-0.1, -0.05) is 32.9 Å². The molecular formula is C15H19NO5S. The van der Waals surface area contributed by atoms with Gasteiger partial charge in [0.2, 0.25) is 0 Å². The number of nitrogens with zero attached hydrogens (tertiary/aromatic N) is 1.